The Kier molecular flexibility index (Phi) is 21.6. The maximum absolute atomic E-state index is 12.8. The first-order chi connectivity index (χ1) is 19.4. The zero-order chi connectivity index (χ0) is 29.4. The fraction of sp³-hybridized carbons (Fsp3) is 0.941. The average molecular weight is 569 g/mol. The van der Waals surface area contributed by atoms with Crippen LogP contribution in [-0.4, -0.2) is 46.6 Å². The number of carbonyl (C=O) groups excluding carboxylic acids is 2. The molecule has 0 aromatic rings. The second kappa shape index (κ2) is 23.4. The average Bonchev–Trinajstić information content (AvgIpc) is 2.94. The van der Waals surface area contributed by atoms with Gasteiger partial charge in [0.2, 0.25) is 0 Å². The minimum Gasteiger partial charge on any atom is -0.457 e. The summed E-state index contributed by atoms with van der Waals surface area (Å²) in [5.41, 5.74) is -1.83. The van der Waals surface area contributed by atoms with Crippen molar-refractivity contribution in [3.05, 3.63) is 0 Å². The van der Waals surface area contributed by atoms with Gasteiger partial charge in [-0.05, 0) is 51.4 Å². The molecular formula is C34H64O6. The van der Waals surface area contributed by atoms with Gasteiger partial charge in [0.15, 0.2) is 0 Å². The van der Waals surface area contributed by atoms with E-state index in [4.69, 9.17) is 9.47 Å². The molecule has 1 aliphatic heterocycles. The van der Waals surface area contributed by atoms with Crippen LogP contribution < -0.4 is 0 Å². The van der Waals surface area contributed by atoms with E-state index in [-0.39, 0.29) is 38.0 Å². The predicted octanol–water partition coefficient (Wildman–Crippen LogP) is 8.73. The van der Waals surface area contributed by atoms with E-state index in [9.17, 15) is 19.8 Å². The maximum Gasteiger partial charge on any atom is 0.306 e. The molecule has 0 unspecified atom stereocenters. The number of hydrogen-bond acceptors (Lipinski definition) is 6. The Morgan fingerprint density at radius 1 is 0.525 bits per heavy atom. The van der Waals surface area contributed by atoms with E-state index in [0.717, 1.165) is 38.5 Å². The molecule has 2 atom stereocenters. The number of carbonyl (C=O) groups is 2. The highest BCUT2D eigenvalue weighted by Crippen LogP contribution is 2.32. The Bertz CT molecular complexity index is 584. The lowest BCUT2D eigenvalue weighted by Gasteiger charge is -2.35. The van der Waals surface area contributed by atoms with Crippen LogP contribution in [-0.2, 0) is 19.1 Å². The van der Waals surface area contributed by atoms with Gasteiger partial charge in [0.05, 0.1) is 13.2 Å². The predicted molar refractivity (Wildman–Crippen MR) is 163 cm³/mol. The summed E-state index contributed by atoms with van der Waals surface area (Å²) in [4.78, 5) is 25.6. The first kappa shape index (κ1) is 36.9. The second-order valence-corrected chi connectivity index (χ2v) is 12.5. The van der Waals surface area contributed by atoms with Crippen LogP contribution in [0.3, 0.4) is 0 Å². The lowest BCUT2D eigenvalue weighted by atomic mass is 9.88. The Morgan fingerprint density at radius 3 is 1.12 bits per heavy atom. The Balaban J connectivity index is 2.53. The van der Waals surface area contributed by atoms with Gasteiger partial charge in [0.1, 0.15) is 11.2 Å². The Labute approximate surface area is 246 Å². The maximum atomic E-state index is 12.8. The van der Waals surface area contributed by atoms with E-state index >= 15 is 0 Å². The summed E-state index contributed by atoms with van der Waals surface area (Å²) >= 11 is 0. The lowest BCUT2D eigenvalue weighted by molar-refractivity contribution is -0.173. The van der Waals surface area contributed by atoms with Gasteiger partial charge in [0, 0.05) is 12.8 Å². The molecule has 6 heteroatoms. The van der Waals surface area contributed by atoms with E-state index in [0.29, 0.717) is 38.5 Å². The van der Waals surface area contributed by atoms with E-state index < -0.39 is 11.2 Å². The fourth-order valence-corrected chi connectivity index (χ4v) is 6.05. The molecule has 0 saturated carbocycles. The third-order valence-corrected chi connectivity index (χ3v) is 8.74. The molecule has 0 spiro atoms. The number of ether oxygens (including phenoxy) is 2. The SMILES string of the molecule is CCCCCCCCCCC[C@@]1(CO)CCCC(=O)O[C@@](CO)(CCCCCCCCCCC)CCCC(=O)O1. The molecule has 1 aliphatic rings. The topological polar surface area (TPSA) is 93.1 Å². The first-order valence-electron chi connectivity index (χ1n) is 17.1. The minimum absolute atomic E-state index is 0.205. The summed E-state index contributed by atoms with van der Waals surface area (Å²) < 4.78 is 11.9. The smallest absolute Gasteiger partial charge is 0.306 e. The van der Waals surface area contributed by atoms with Crippen LogP contribution in [0.4, 0.5) is 0 Å². The van der Waals surface area contributed by atoms with E-state index in [1.807, 2.05) is 0 Å². The molecule has 40 heavy (non-hydrogen) atoms. The number of esters is 2. The van der Waals surface area contributed by atoms with Gasteiger partial charge < -0.3 is 19.7 Å². The lowest BCUT2D eigenvalue weighted by Crippen LogP contribution is -2.42. The summed E-state index contributed by atoms with van der Waals surface area (Å²) in [5, 5.41) is 20.5. The van der Waals surface area contributed by atoms with Crippen molar-refractivity contribution in [1.82, 2.24) is 0 Å². The molecule has 0 aromatic carbocycles. The van der Waals surface area contributed by atoms with Gasteiger partial charge in [-0.25, -0.2) is 0 Å². The molecule has 0 bridgehead atoms. The van der Waals surface area contributed by atoms with Crippen molar-refractivity contribution in [2.45, 2.75) is 192 Å². The summed E-state index contributed by atoms with van der Waals surface area (Å²) in [7, 11) is 0. The molecule has 236 valence electrons. The quantitative estimate of drug-likeness (QED) is 0.100. The molecule has 0 aromatic heterocycles. The molecule has 1 rings (SSSR count). The first-order valence-corrected chi connectivity index (χ1v) is 17.1. The zero-order valence-electron chi connectivity index (χ0n) is 26.3. The third kappa shape index (κ3) is 17.0. The standard InChI is InChI=1S/C34H64O6/c1-3-5-7-9-11-13-15-17-19-25-33(29-35)27-21-23-32(38)40-34(30-36,28-22-24-31(37)39-33)26-20-18-16-14-12-10-8-6-4-2/h35-36H,3-30H2,1-2H3/t33-,34-/m0/s1. The van der Waals surface area contributed by atoms with Crippen molar-refractivity contribution in [3.8, 4) is 0 Å². The highest BCUT2D eigenvalue weighted by molar-refractivity contribution is 5.71. The van der Waals surface area contributed by atoms with Crippen LogP contribution in [0.2, 0.25) is 0 Å². The molecule has 0 amide bonds. The monoisotopic (exact) mass is 568 g/mol. The Morgan fingerprint density at radius 2 is 0.825 bits per heavy atom. The van der Waals surface area contributed by atoms with Crippen molar-refractivity contribution in [3.63, 3.8) is 0 Å². The third-order valence-electron chi connectivity index (χ3n) is 8.74. The van der Waals surface area contributed by atoms with Gasteiger partial charge in [-0.1, -0.05) is 117 Å². The number of rotatable bonds is 22. The van der Waals surface area contributed by atoms with E-state index in [1.54, 1.807) is 0 Å². The highest BCUT2D eigenvalue weighted by Gasteiger charge is 2.37. The highest BCUT2D eigenvalue weighted by atomic mass is 16.6. The molecule has 0 radical (unpaired) electrons. The summed E-state index contributed by atoms with van der Waals surface area (Å²) in [6.45, 7) is 4.03. The molecule has 1 heterocycles. The normalized spacial score (nSPS) is 22.8. The van der Waals surface area contributed by atoms with Crippen LogP contribution in [0.15, 0.2) is 0 Å². The number of unbranched alkanes of at least 4 members (excludes halogenated alkanes) is 16. The zero-order valence-corrected chi connectivity index (χ0v) is 26.3. The van der Waals surface area contributed by atoms with E-state index in [1.165, 1.54) is 77.0 Å². The molecule has 6 nitrogen and oxygen atoms in total. The number of hydrogen-bond donors (Lipinski definition) is 2. The van der Waals surface area contributed by atoms with Gasteiger partial charge in [-0.15, -0.1) is 0 Å². The van der Waals surface area contributed by atoms with Crippen LogP contribution in [0.5, 0.6) is 0 Å². The summed E-state index contributed by atoms with van der Waals surface area (Å²) in [5.74, 6) is -0.599. The van der Waals surface area contributed by atoms with Crippen molar-refractivity contribution in [2.24, 2.45) is 0 Å². The molecule has 1 fully saturated rings. The number of aliphatic hydroxyl groups is 2. The van der Waals surface area contributed by atoms with Crippen LogP contribution in [0.1, 0.15) is 181 Å². The summed E-state index contributed by atoms with van der Waals surface area (Å²) in [6.07, 6.45) is 25.2. The Hall–Kier alpha value is -1.14. The van der Waals surface area contributed by atoms with Gasteiger partial charge in [-0.3, -0.25) is 9.59 Å². The van der Waals surface area contributed by atoms with Gasteiger partial charge in [-0.2, -0.15) is 0 Å². The van der Waals surface area contributed by atoms with Crippen LogP contribution in [0.25, 0.3) is 0 Å². The van der Waals surface area contributed by atoms with Crippen molar-refractivity contribution >= 4 is 11.9 Å². The molecular weight excluding hydrogens is 504 g/mol. The van der Waals surface area contributed by atoms with E-state index in [2.05, 4.69) is 13.8 Å². The number of aliphatic hydroxyl groups excluding tert-OH is 2. The van der Waals surface area contributed by atoms with Crippen LogP contribution >= 0.6 is 0 Å². The number of cyclic esters (lactones) is 2. The van der Waals surface area contributed by atoms with Gasteiger partial charge in [0.25, 0.3) is 0 Å². The minimum atomic E-state index is -0.914. The van der Waals surface area contributed by atoms with Crippen LogP contribution in [0, 0.1) is 0 Å². The van der Waals surface area contributed by atoms with Crippen molar-refractivity contribution < 1.29 is 29.3 Å². The molecule has 1 saturated heterocycles. The molecule has 0 aliphatic carbocycles. The second-order valence-electron chi connectivity index (χ2n) is 12.5. The largest absolute Gasteiger partial charge is 0.457 e. The van der Waals surface area contributed by atoms with Crippen molar-refractivity contribution in [2.75, 3.05) is 13.2 Å². The van der Waals surface area contributed by atoms with Crippen molar-refractivity contribution in [1.29, 1.82) is 0 Å². The van der Waals surface area contributed by atoms with Gasteiger partial charge >= 0.3 is 11.9 Å². The molecule has 2 N–H and O–H groups in total. The summed E-state index contributed by atoms with van der Waals surface area (Å²) in [6, 6.07) is 0. The fourth-order valence-electron chi connectivity index (χ4n) is 6.05.